The van der Waals surface area contributed by atoms with Gasteiger partial charge in [-0.15, -0.1) is 0 Å². The van der Waals surface area contributed by atoms with Crippen LogP contribution in [0.5, 0.6) is 0 Å². The molecule has 9 nitrogen and oxygen atoms in total. The van der Waals surface area contributed by atoms with Crippen LogP contribution in [0.15, 0.2) is 48.5 Å². The molecule has 2 aromatic carbocycles. The lowest BCUT2D eigenvalue weighted by Crippen LogP contribution is -2.94. The van der Waals surface area contributed by atoms with Gasteiger partial charge < -0.3 is 31.3 Å². The smallest absolute Gasteiger partial charge is 0.278 e. The van der Waals surface area contributed by atoms with Gasteiger partial charge in [0.05, 0.1) is 6.04 Å². The van der Waals surface area contributed by atoms with Crippen molar-refractivity contribution in [1.82, 2.24) is 10.6 Å². The predicted molar refractivity (Wildman–Crippen MR) is 161 cm³/mol. The number of nitrogens with two attached hydrogens (primary N) is 1. The van der Waals surface area contributed by atoms with Gasteiger partial charge in [0.2, 0.25) is 5.91 Å². The van der Waals surface area contributed by atoms with E-state index in [4.69, 9.17) is 0 Å². The molecular weight excluding hydrogens is 518 g/mol. The Balaban J connectivity index is 1.45. The second-order valence-corrected chi connectivity index (χ2v) is 11.4. The quantitative estimate of drug-likeness (QED) is 0.255. The van der Waals surface area contributed by atoms with E-state index in [-0.39, 0.29) is 36.3 Å². The average Bonchev–Trinajstić information content (AvgIpc) is 3.42. The summed E-state index contributed by atoms with van der Waals surface area (Å²) in [5.41, 5.74) is 2.88. The summed E-state index contributed by atoms with van der Waals surface area (Å²) in [4.78, 5) is 40.5. The number of nitrogens with zero attached hydrogens (tertiary/aromatic N) is 1. The Morgan fingerprint density at radius 2 is 1.83 bits per heavy atom. The fourth-order valence-electron chi connectivity index (χ4n) is 5.72. The molecule has 0 radical (unpaired) electrons. The summed E-state index contributed by atoms with van der Waals surface area (Å²) in [5, 5.41) is 22.6. The maximum atomic E-state index is 13.6. The van der Waals surface area contributed by atoms with Gasteiger partial charge in [0, 0.05) is 42.5 Å². The molecule has 3 atom stereocenters. The molecule has 9 heteroatoms. The van der Waals surface area contributed by atoms with Crippen LogP contribution in [0.4, 0.5) is 11.4 Å². The minimum Gasteiger partial charge on any atom is -0.385 e. The molecule has 2 aromatic rings. The third-order valence-electron chi connectivity index (χ3n) is 8.12. The van der Waals surface area contributed by atoms with Gasteiger partial charge in [0.25, 0.3) is 11.8 Å². The van der Waals surface area contributed by atoms with Crippen LogP contribution in [0.1, 0.15) is 74.7 Å². The number of quaternary nitrogens is 1. The monoisotopic (exact) mass is 564 g/mol. The van der Waals surface area contributed by atoms with Crippen molar-refractivity contribution in [2.75, 3.05) is 29.9 Å². The van der Waals surface area contributed by atoms with Crippen LogP contribution in [0, 0.1) is 0 Å². The van der Waals surface area contributed by atoms with Crippen molar-refractivity contribution in [3.05, 3.63) is 59.7 Å². The molecule has 2 aliphatic rings. The molecule has 1 aliphatic heterocycles. The number of hydrogen-bond donors (Lipinski definition) is 5. The molecular formula is C32H46N5O4+. The number of amides is 3. The summed E-state index contributed by atoms with van der Waals surface area (Å²) in [6.07, 6.45) is 6.42. The first-order valence-electron chi connectivity index (χ1n) is 15.2. The van der Waals surface area contributed by atoms with Crippen molar-refractivity contribution in [2.24, 2.45) is 0 Å². The Morgan fingerprint density at radius 1 is 1.07 bits per heavy atom. The molecule has 4 rings (SSSR count). The van der Waals surface area contributed by atoms with Crippen LogP contribution in [0.3, 0.4) is 0 Å². The lowest BCUT2D eigenvalue weighted by molar-refractivity contribution is -0.679. The molecule has 2 fully saturated rings. The lowest BCUT2D eigenvalue weighted by Gasteiger charge is -2.26. The van der Waals surface area contributed by atoms with E-state index in [9.17, 15) is 19.5 Å². The van der Waals surface area contributed by atoms with E-state index in [1.54, 1.807) is 17.0 Å². The molecule has 3 amide bonds. The van der Waals surface area contributed by atoms with Crippen LogP contribution >= 0.6 is 0 Å². The molecule has 1 saturated heterocycles. The third-order valence-corrected chi connectivity index (χ3v) is 8.12. The molecule has 0 spiro atoms. The standard InChI is InChI=1S/C32H45N5O4/c1-3-33-26-18-24(19-27(20-26)37-16-10-15-30(37)39)32(41)36-28(17-23-11-6-4-7-12-23)29(38)21-34-22(2)31(40)35-25-13-8-5-9-14-25/h4,6-7,11-12,18-20,22,25,28-29,33-34,38H,3,5,8-10,13-17,21H2,1-2H3,(H,35,40)(H,36,41)/p+1/t22-,28-,29+/m0/s1. The van der Waals surface area contributed by atoms with Gasteiger partial charge >= 0.3 is 0 Å². The number of aliphatic hydroxyl groups excluding tert-OH is 1. The third kappa shape index (κ3) is 8.78. The molecule has 41 heavy (non-hydrogen) atoms. The number of rotatable bonds is 13. The fourth-order valence-corrected chi connectivity index (χ4v) is 5.72. The zero-order valence-electron chi connectivity index (χ0n) is 24.4. The summed E-state index contributed by atoms with van der Waals surface area (Å²) >= 11 is 0. The van der Waals surface area contributed by atoms with E-state index in [0.29, 0.717) is 37.2 Å². The Labute approximate surface area is 243 Å². The SMILES string of the molecule is CCNc1cc(C(=O)N[C@@H](Cc2ccccc2)[C@H](O)C[NH2+][C@@H](C)C(=O)NC2CCCCC2)cc(N2CCCC2=O)c1. The van der Waals surface area contributed by atoms with E-state index in [1.165, 1.54) is 6.42 Å². The van der Waals surface area contributed by atoms with E-state index >= 15 is 0 Å². The Bertz CT molecular complexity index is 1170. The first-order valence-corrected chi connectivity index (χ1v) is 15.2. The highest BCUT2D eigenvalue weighted by Crippen LogP contribution is 2.27. The highest BCUT2D eigenvalue weighted by molar-refractivity contribution is 6.00. The zero-order chi connectivity index (χ0) is 29.2. The predicted octanol–water partition coefficient (Wildman–Crippen LogP) is 2.35. The fraction of sp³-hybridized carbons (Fsp3) is 0.531. The van der Waals surface area contributed by atoms with Crippen molar-refractivity contribution in [1.29, 1.82) is 0 Å². The van der Waals surface area contributed by atoms with Crippen molar-refractivity contribution < 1.29 is 24.8 Å². The van der Waals surface area contributed by atoms with Crippen LogP contribution in [-0.4, -0.2) is 66.7 Å². The number of aliphatic hydroxyl groups is 1. The van der Waals surface area contributed by atoms with Gasteiger partial charge in [-0.1, -0.05) is 49.6 Å². The van der Waals surface area contributed by atoms with E-state index < -0.39 is 12.1 Å². The second-order valence-electron chi connectivity index (χ2n) is 11.4. The molecule has 1 aliphatic carbocycles. The molecule has 1 heterocycles. The minimum atomic E-state index is -0.888. The highest BCUT2D eigenvalue weighted by Gasteiger charge is 2.28. The van der Waals surface area contributed by atoms with Crippen LogP contribution < -0.4 is 26.2 Å². The number of hydrogen-bond acceptors (Lipinski definition) is 5. The Hall–Kier alpha value is -3.43. The van der Waals surface area contributed by atoms with Crippen LogP contribution in [-0.2, 0) is 16.0 Å². The van der Waals surface area contributed by atoms with Crippen molar-refractivity contribution in [3.8, 4) is 0 Å². The molecule has 0 bridgehead atoms. The molecule has 222 valence electrons. The summed E-state index contributed by atoms with van der Waals surface area (Å²) < 4.78 is 0. The summed E-state index contributed by atoms with van der Waals surface area (Å²) in [6.45, 7) is 5.40. The normalized spacial score (nSPS) is 18.0. The minimum absolute atomic E-state index is 0.0167. The van der Waals surface area contributed by atoms with E-state index in [0.717, 1.165) is 43.4 Å². The zero-order valence-corrected chi connectivity index (χ0v) is 24.4. The van der Waals surface area contributed by atoms with Gasteiger partial charge in [-0.2, -0.15) is 0 Å². The molecule has 0 unspecified atom stereocenters. The number of nitrogens with one attached hydrogen (secondary N) is 3. The summed E-state index contributed by atoms with van der Waals surface area (Å²) in [6, 6.07) is 14.5. The van der Waals surface area contributed by atoms with E-state index in [2.05, 4.69) is 16.0 Å². The maximum Gasteiger partial charge on any atom is 0.278 e. The number of anilines is 2. The van der Waals surface area contributed by atoms with Gasteiger partial charge in [0.15, 0.2) is 6.04 Å². The molecule has 6 N–H and O–H groups in total. The van der Waals surface area contributed by atoms with Crippen molar-refractivity contribution in [3.63, 3.8) is 0 Å². The van der Waals surface area contributed by atoms with Gasteiger partial charge in [-0.3, -0.25) is 14.4 Å². The molecule has 0 aromatic heterocycles. The number of carbonyl (C=O) groups excluding carboxylic acids is 3. The van der Waals surface area contributed by atoms with Gasteiger partial charge in [-0.25, -0.2) is 0 Å². The van der Waals surface area contributed by atoms with Crippen LogP contribution in [0.2, 0.25) is 0 Å². The number of carbonyl (C=O) groups is 3. The van der Waals surface area contributed by atoms with Crippen molar-refractivity contribution >= 4 is 29.1 Å². The first kappa shape index (κ1) is 30.5. The van der Waals surface area contributed by atoms with E-state index in [1.807, 2.05) is 55.6 Å². The lowest BCUT2D eigenvalue weighted by atomic mass is 9.95. The van der Waals surface area contributed by atoms with Gasteiger partial charge in [0.1, 0.15) is 12.6 Å². The van der Waals surface area contributed by atoms with Crippen molar-refractivity contribution in [2.45, 2.75) is 89.4 Å². The average molecular weight is 565 g/mol. The topological polar surface area (TPSA) is 127 Å². The van der Waals surface area contributed by atoms with Gasteiger partial charge in [-0.05, 0) is 63.3 Å². The largest absolute Gasteiger partial charge is 0.385 e. The molecule has 1 saturated carbocycles. The summed E-state index contributed by atoms with van der Waals surface area (Å²) in [7, 11) is 0. The second kappa shape index (κ2) is 15.0. The first-order chi connectivity index (χ1) is 19.8. The number of benzene rings is 2. The summed E-state index contributed by atoms with van der Waals surface area (Å²) in [5.74, 6) is -0.280. The Morgan fingerprint density at radius 3 is 2.51 bits per heavy atom. The maximum absolute atomic E-state index is 13.6. The highest BCUT2D eigenvalue weighted by atomic mass is 16.3. The Kier molecular flexibility index (Phi) is 11.2. The van der Waals surface area contributed by atoms with Crippen LogP contribution in [0.25, 0.3) is 0 Å².